The van der Waals surface area contributed by atoms with Gasteiger partial charge in [0.25, 0.3) is 0 Å². The third-order valence-electron chi connectivity index (χ3n) is 4.16. The fraction of sp³-hybridized carbons (Fsp3) is 1.00. The van der Waals surface area contributed by atoms with Crippen LogP contribution < -0.4 is 0 Å². The van der Waals surface area contributed by atoms with Crippen LogP contribution in [0.15, 0.2) is 0 Å². The van der Waals surface area contributed by atoms with Crippen molar-refractivity contribution in [3.05, 3.63) is 0 Å². The normalized spacial score (nSPS) is 14.6. The summed E-state index contributed by atoms with van der Waals surface area (Å²) in [6.45, 7) is 0. The molecule has 0 bridgehead atoms. The van der Waals surface area contributed by atoms with Gasteiger partial charge in [-0.15, -0.1) is 33.2 Å². The quantitative estimate of drug-likeness (QED) is 0.0952. The molecule has 0 heterocycles. The first-order valence-corrected chi connectivity index (χ1v) is 14.0. The summed E-state index contributed by atoms with van der Waals surface area (Å²) in [7, 11) is 0. The first-order valence-electron chi connectivity index (χ1n) is 8.72. The second-order valence-electron chi connectivity index (χ2n) is 6.65. The Kier molecular flexibility index (Phi) is 11.4. The number of alkyl halides is 9. The fourth-order valence-corrected chi connectivity index (χ4v) is 4.33. The minimum absolute atomic E-state index is 0.0299. The van der Waals surface area contributed by atoms with Gasteiger partial charge in [-0.3, -0.25) is 0 Å². The lowest BCUT2D eigenvalue weighted by atomic mass is 9.97. The highest BCUT2D eigenvalue weighted by atomic mass is 35.8. The number of hydrogen-bond acceptors (Lipinski definition) is 0. The van der Waals surface area contributed by atoms with Gasteiger partial charge >= 0.3 is 29.9 Å². The van der Waals surface area contributed by atoms with Crippen molar-refractivity contribution in [2.75, 3.05) is 0 Å². The zero-order chi connectivity index (χ0) is 22.3. The molecule has 0 amide bonds. The molecule has 0 rings (SSSR count). The molecule has 0 unspecified atom stereocenters. The van der Waals surface area contributed by atoms with Crippen molar-refractivity contribution in [1.29, 1.82) is 0 Å². The van der Waals surface area contributed by atoms with E-state index in [1.54, 1.807) is 0 Å². The number of halogens is 12. The van der Waals surface area contributed by atoms with Gasteiger partial charge in [-0.2, -0.15) is 39.5 Å². The minimum Gasteiger partial charge on any atom is -0.200 e. The van der Waals surface area contributed by atoms with E-state index in [-0.39, 0.29) is 6.42 Å². The van der Waals surface area contributed by atoms with Crippen molar-refractivity contribution >= 4 is 39.2 Å². The van der Waals surface area contributed by atoms with Crippen molar-refractivity contribution in [2.24, 2.45) is 0 Å². The number of unbranched alkanes of at least 4 members (excludes halogenated alkanes) is 8. The Morgan fingerprint density at radius 1 is 0.500 bits per heavy atom. The van der Waals surface area contributed by atoms with Crippen molar-refractivity contribution < 1.29 is 39.5 Å². The second kappa shape index (κ2) is 11.2. The molecule has 0 aromatic rings. The SMILES string of the molecule is FC(F)(F)C(F)(F)C(F)(F)C(F)(F)CCCCCCCCCCC[Si](Cl)(Cl)Cl. The van der Waals surface area contributed by atoms with Gasteiger partial charge in [0.05, 0.1) is 0 Å². The molecule has 170 valence electrons. The van der Waals surface area contributed by atoms with Crippen LogP contribution >= 0.6 is 33.2 Å². The fourth-order valence-electron chi connectivity index (χ4n) is 2.47. The summed E-state index contributed by atoms with van der Waals surface area (Å²) in [5.41, 5.74) is 0. The van der Waals surface area contributed by atoms with Gasteiger partial charge in [-0.25, -0.2) is 0 Å². The van der Waals surface area contributed by atoms with Crippen LogP contribution in [0.2, 0.25) is 6.04 Å². The van der Waals surface area contributed by atoms with E-state index < -0.39 is 42.8 Å². The van der Waals surface area contributed by atoms with Crippen molar-refractivity contribution in [3.8, 4) is 0 Å². The number of hydrogen-bond donors (Lipinski definition) is 0. The van der Waals surface area contributed by atoms with Gasteiger partial charge in [-0.1, -0.05) is 51.4 Å². The van der Waals surface area contributed by atoms with Crippen LogP contribution in [0.25, 0.3) is 0 Å². The maximum atomic E-state index is 13.3. The lowest BCUT2D eigenvalue weighted by Gasteiger charge is -2.33. The Bertz CT molecular complexity index is 451. The molecular formula is C15H22Cl3F9Si. The van der Waals surface area contributed by atoms with E-state index in [4.69, 9.17) is 33.2 Å². The van der Waals surface area contributed by atoms with E-state index in [0.29, 0.717) is 18.9 Å². The highest BCUT2D eigenvalue weighted by Crippen LogP contribution is 2.54. The van der Waals surface area contributed by atoms with Crippen molar-refractivity contribution in [2.45, 2.75) is 94.2 Å². The monoisotopic (exact) mass is 506 g/mol. The summed E-state index contributed by atoms with van der Waals surface area (Å²) in [5, 5.41) is 0. The molecule has 0 aliphatic heterocycles. The van der Waals surface area contributed by atoms with E-state index in [1.165, 1.54) is 0 Å². The van der Waals surface area contributed by atoms with Crippen LogP contribution in [-0.4, -0.2) is 29.9 Å². The van der Waals surface area contributed by atoms with Crippen LogP contribution in [0.5, 0.6) is 0 Å². The van der Waals surface area contributed by atoms with Gasteiger partial charge in [-0.05, 0) is 12.5 Å². The predicted octanol–water partition coefficient (Wildman–Crippen LogP) is 9.01. The molecule has 0 aromatic carbocycles. The van der Waals surface area contributed by atoms with Crippen LogP contribution in [0.4, 0.5) is 39.5 Å². The molecule has 0 fully saturated rings. The summed E-state index contributed by atoms with van der Waals surface area (Å²) in [6.07, 6.45) is -3.92. The lowest BCUT2D eigenvalue weighted by molar-refractivity contribution is -0.396. The average Bonchev–Trinajstić information content (AvgIpc) is 2.50. The maximum Gasteiger partial charge on any atom is 0.460 e. The molecule has 0 radical (unpaired) electrons. The molecule has 13 heteroatoms. The smallest absolute Gasteiger partial charge is 0.200 e. The molecule has 0 aromatic heterocycles. The molecule has 0 N–H and O–H groups in total. The molecule has 0 spiro atoms. The molecule has 0 saturated heterocycles. The van der Waals surface area contributed by atoms with Crippen LogP contribution in [0.1, 0.15) is 64.2 Å². The van der Waals surface area contributed by atoms with E-state index in [0.717, 1.165) is 32.1 Å². The Balaban J connectivity index is 4.05. The minimum atomic E-state index is -6.80. The first kappa shape index (κ1) is 28.5. The van der Waals surface area contributed by atoms with Crippen LogP contribution in [-0.2, 0) is 0 Å². The van der Waals surface area contributed by atoms with Gasteiger partial charge in [0.2, 0.25) is 0 Å². The van der Waals surface area contributed by atoms with Gasteiger partial charge in [0.1, 0.15) is 0 Å². The number of rotatable bonds is 14. The molecule has 28 heavy (non-hydrogen) atoms. The molecular weight excluding hydrogens is 486 g/mol. The maximum absolute atomic E-state index is 13.3. The largest absolute Gasteiger partial charge is 0.460 e. The van der Waals surface area contributed by atoms with E-state index >= 15 is 0 Å². The average molecular weight is 508 g/mol. The Morgan fingerprint density at radius 3 is 1.21 bits per heavy atom. The Morgan fingerprint density at radius 2 is 0.857 bits per heavy atom. The molecule has 0 aliphatic rings. The summed E-state index contributed by atoms with van der Waals surface area (Å²) < 4.78 is 114. The van der Waals surface area contributed by atoms with Crippen molar-refractivity contribution in [3.63, 3.8) is 0 Å². The van der Waals surface area contributed by atoms with E-state index in [9.17, 15) is 39.5 Å². The van der Waals surface area contributed by atoms with Crippen molar-refractivity contribution in [1.82, 2.24) is 0 Å². The Hall–Kier alpha value is 0.457. The first-order chi connectivity index (χ1) is 12.5. The molecule has 0 nitrogen and oxygen atoms in total. The second-order valence-corrected chi connectivity index (χ2v) is 15.9. The third kappa shape index (κ3) is 9.08. The summed E-state index contributed by atoms with van der Waals surface area (Å²) in [4.78, 5) is 0. The van der Waals surface area contributed by atoms with Crippen LogP contribution in [0.3, 0.4) is 0 Å². The lowest BCUT2D eigenvalue weighted by Crippen LogP contribution is -2.60. The van der Waals surface area contributed by atoms with Gasteiger partial charge in [0.15, 0.2) is 0 Å². The van der Waals surface area contributed by atoms with Crippen LogP contribution in [0, 0.1) is 0 Å². The molecule has 0 aliphatic carbocycles. The van der Waals surface area contributed by atoms with E-state index in [1.807, 2.05) is 0 Å². The Labute approximate surface area is 173 Å². The summed E-state index contributed by atoms with van der Waals surface area (Å²) in [6, 6.07) is -2.05. The zero-order valence-electron chi connectivity index (χ0n) is 14.8. The van der Waals surface area contributed by atoms with E-state index in [2.05, 4.69) is 0 Å². The molecule has 0 atom stereocenters. The third-order valence-corrected chi connectivity index (χ3v) is 6.78. The van der Waals surface area contributed by atoms with Gasteiger partial charge < -0.3 is 0 Å². The summed E-state index contributed by atoms with van der Waals surface area (Å²) in [5.74, 6) is -18.8. The highest BCUT2D eigenvalue weighted by molar-refractivity contribution is 7.64. The summed E-state index contributed by atoms with van der Waals surface area (Å²) >= 11 is 17.2. The molecule has 0 saturated carbocycles. The highest BCUT2D eigenvalue weighted by Gasteiger charge is 2.81. The van der Waals surface area contributed by atoms with Gasteiger partial charge in [0, 0.05) is 6.42 Å². The predicted molar refractivity (Wildman–Crippen MR) is 95.2 cm³/mol. The zero-order valence-corrected chi connectivity index (χ0v) is 18.1. The topological polar surface area (TPSA) is 0 Å². The standard InChI is InChI=1S/C15H22Cl3F9Si/c16-28(17,18)11-9-7-5-3-1-2-4-6-8-10-12(19,20)13(21,22)14(23,24)15(25,26)27/h1-11H2.